The lowest BCUT2D eigenvalue weighted by Crippen LogP contribution is -2.24. The van der Waals surface area contributed by atoms with Crippen LogP contribution in [0.25, 0.3) is 10.6 Å². The summed E-state index contributed by atoms with van der Waals surface area (Å²) in [5.41, 5.74) is 5.10. The van der Waals surface area contributed by atoms with E-state index in [0.717, 1.165) is 34.3 Å². The van der Waals surface area contributed by atoms with Crippen LogP contribution in [-0.2, 0) is 13.0 Å². The number of hydrogen-bond acceptors (Lipinski definition) is 5. The minimum atomic E-state index is 0.300. The predicted molar refractivity (Wildman–Crippen MR) is 103 cm³/mol. The van der Waals surface area contributed by atoms with E-state index >= 15 is 0 Å². The first-order chi connectivity index (χ1) is 12.9. The van der Waals surface area contributed by atoms with E-state index in [4.69, 9.17) is 14.5 Å². The number of fused-ring (bicyclic) bond motifs is 2. The van der Waals surface area contributed by atoms with E-state index < -0.39 is 0 Å². The smallest absolute Gasteiger partial charge is 0.231 e. The molecule has 1 aromatic heterocycles. The Kier molecular flexibility index (Phi) is 4.11. The zero-order chi connectivity index (χ0) is 17.3. The summed E-state index contributed by atoms with van der Waals surface area (Å²) >= 11 is 1.67. The van der Waals surface area contributed by atoms with Gasteiger partial charge in [0.25, 0.3) is 0 Å². The second-order valence-electron chi connectivity index (χ2n) is 6.74. The summed E-state index contributed by atoms with van der Waals surface area (Å²) in [6.45, 7) is 1.09. The van der Waals surface area contributed by atoms with Crippen LogP contribution < -0.4 is 14.8 Å². The quantitative estimate of drug-likeness (QED) is 0.728. The molecule has 4 nitrogen and oxygen atoms in total. The van der Waals surface area contributed by atoms with Gasteiger partial charge >= 0.3 is 0 Å². The molecular formula is C21H20N2O2S. The molecule has 1 atom stereocenters. The zero-order valence-electron chi connectivity index (χ0n) is 14.4. The number of aryl methyl sites for hydroxylation is 1. The van der Waals surface area contributed by atoms with Crippen LogP contribution >= 0.6 is 11.3 Å². The predicted octanol–water partition coefficient (Wildman–Crippen LogP) is 4.71. The molecule has 0 amide bonds. The second-order valence-corrected chi connectivity index (χ2v) is 7.59. The SMILES string of the molecule is c1ccc2c(c1)CCCC2NCc1csc(-c2ccc3c(c2)OCO3)n1. The summed E-state index contributed by atoms with van der Waals surface area (Å²) in [5, 5.41) is 6.86. The molecule has 1 aliphatic heterocycles. The van der Waals surface area contributed by atoms with E-state index in [9.17, 15) is 0 Å². The number of thiazole rings is 1. The molecule has 5 rings (SSSR count). The van der Waals surface area contributed by atoms with Gasteiger partial charge in [-0.2, -0.15) is 0 Å². The van der Waals surface area contributed by atoms with Crippen molar-refractivity contribution in [2.45, 2.75) is 31.8 Å². The third-order valence-electron chi connectivity index (χ3n) is 5.07. The summed E-state index contributed by atoms with van der Waals surface area (Å²) in [5.74, 6) is 1.61. The minimum absolute atomic E-state index is 0.300. The Hall–Kier alpha value is -2.37. The lowest BCUT2D eigenvalue weighted by atomic mass is 9.88. The van der Waals surface area contributed by atoms with Gasteiger partial charge in [0, 0.05) is 23.5 Å². The standard InChI is InChI=1S/C21H20N2O2S/c1-2-6-17-14(4-1)5-3-7-18(17)22-11-16-12-26-21(23-16)15-8-9-19-20(10-15)25-13-24-19/h1-2,4,6,8-10,12,18,22H,3,5,7,11,13H2. The Labute approximate surface area is 156 Å². The fourth-order valence-corrected chi connectivity index (χ4v) is 4.56. The number of nitrogens with one attached hydrogen (secondary N) is 1. The average molecular weight is 364 g/mol. The molecule has 2 aliphatic rings. The molecule has 132 valence electrons. The third-order valence-corrected chi connectivity index (χ3v) is 6.01. The Bertz CT molecular complexity index is 937. The molecule has 1 unspecified atom stereocenters. The van der Waals surface area contributed by atoms with Gasteiger partial charge in [-0.1, -0.05) is 24.3 Å². The van der Waals surface area contributed by atoms with Crippen LogP contribution in [0.15, 0.2) is 47.8 Å². The summed E-state index contributed by atoms with van der Waals surface area (Å²) in [7, 11) is 0. The van der Waals surface area contributed by atoms with E-state index in [1.54, 1.807) is 11.3 Å². The summed E-state index contributed by atoms with van der Waals surface area (Å²) < 4.78 is 10.8. The van der Waals surface area contributed by atoms with E-state index in [1.165, 1.54) is 30.4 Å². The Morgan fingerprint density at radius 2 is 2.04 bits per heavy atom. The van der Waals surface area contributed by atoms with Gasteiger partial charge in [-0.25, -0.2) is 4.98 Å². The van der Waals surface area contributed by atoms with Gasteiger partial charge in [0.1, 0.15) is 5.01 Å². The van der Waals surface area contributed by atoms with Crippen molar-refractivity contribution in [1.29, 1.82) is 0 Å². The average Bonchev–Trinajstić information content (AvgIpc) is 3.35. The molecule has 0 saturated carbocycles. The van der Waals surface area contributed by atoms with Crippen LogP contribution in [0.5, 0.6) is 11.5 Å². The zero-order valence-corrected chi connectivity index (χ0v) is 15.2. The molecule has 2 aromatic carbocycles. The van der Waals surface area contributed by atoms with Crippen LogP contribution in [0, 0.1) is 0 Å². The summed E-state index contributed by atoms with van der Waals surface area (Å²) in [6.07, 6.45) is 3.63. The van der Waals surface area contributed by atoms with Crippen molar-refractivity contribution in [2.24, 2.45) is 0 Å². The summed E-state index contributed by atoms with van der Waals surface area (Å²) in [6, 6.07) is 15.2. The topological polar surface area (TPSA) is 43.4 Å². The van der Waals surface area contributed by atoms with Gasteiger partial charge in [-0.05, 0) is 48.6 Å². The van der Waals surface area contributed by atoms with Gasteiger partial charge in [0.05, 0.1) is 5.69 Å². The van der Waals surface area contributed by atoms with Crippen molar-refractivity contribution in [3.05, 3.63) is 64.7 Å². The first-order valence-corrected chi connectivity index (χ1v) is 9.90. The van der Waals surface area contributed by atoms with Gasteiger partial charge in [-0.15, -0.1) is 11.3 Å². The van der Waals surface area contributed by atoms with Crippen molar-refractivity contribution in [3.63, 3.8) is 0 Å². The number of nitrogens with zero attached hydrogens (tertiary/aromatic N) is 1. The van der Waals surface area contributed by atoms with Crippen molar-refractivity contribution >= 4 is 11.3 Å². The number of aromatic nitrogens is 1. The van der Waals surface area contributed by atoms with E-state index in [2.05, 4.69) is 35.0 Å². The molecule has 0 saturated heterocycles. The minimum Gasteiger partial charge on any atom is -0.454 e. The van der Waals surface area contributed by atoms with E-state index in [-0.39, 0.29) is 0 Å². The van der Waals surface area contributed by atoms with Gasteiger partial charge in [0.2, 0.25) is 6.79 Å². The van der Waals surface area contributed by atoms with Crippen LogP contribution in [0.1, 0.15) is 35.7 Å². The number of hydrogen-bond donors (Lipinski definition) is 1. The highest BCUT2D eigenvalue weighted by molar-refractivity contribution is 7.13. The molecule has 0 fully saturated rings. The molecule has 26 heavy (non-hydrogen) atoms. The largest absolute Gasteiger partial charge is 0.454 e. The van der Waals surface area contributed by atoms with Crippen molar-refractivity contribution in [2.75, 3.05) is 6.79 Å². The maximum Gasteiger partial charge on any atom is 0.231 e. The van der Waals surface area contributed by atoms with Crippen molar-refractivity contribution < 1.29 is 9.47 Å². The van der Waals surface area contributed by atoms with Crippen LogP contribution in [0.3, 0.4) is 0 Å². The molecule has 5 heteroatoms. The Balaban J connectivity index is 1.30. The molecule has 3 aromatic rings. The van der Waals surface area contributed by atoms with E-state index in [0.29, 0.717) is 12.8 Å². The highest BCUT2D eigenvalue weighted by Gasteiger charge is 2.20. The summed E-state index contributed by atoms with van der Waals surface area (Å²) in [4.78, 5) is 4.81. The number of ether oxygens (including phenoxy) is 2. The Morgan fingerprint density at radius 1 is 1.12 bits per heavy atom. The molecule has 0 bridgehead atoms. The molecule has 1 N–H and O–H groups in total. The third kappa shape index (κ3) is 2.97. The van der Waals surface area contributed by atoms with E-state index in [1.807, 2.05) is 18.2 Å². The van der Waals surface area contributed by atoms with Crippen LogP contribution in [0.2, 0.25) is 0 Å². The second kappa shape index (κ2) is 6.74. The maximum atomic E-state index is 5.47. The molecule has 0 spiro atoms. The molecule has 0 radical (unpaired) electrons. The Morgan fingerprint density at radius 3 is 3.04 bits per heavy atom. The molecule has 1 aliphatic carbocycles. The highest BCUT2D eigenvalue weighted by atomic mass is 32.1. The lowest BCUT2D eigenvalue weighted by molar-refractivity contribution is 0.174. The first kappa shape index (κ1) is 15.9. The van der Waals surface area contributed by atoms with Crippen molar-refractivity contribution in [3.8, 4) is 22.1 Å². The van der Waals surface area contributed by atoms with Crippen LogP contribution in [0.4, 0.5) is 0 Å². The van der Waals surface area contributed by atoms with Crippen LogP contribution in [-0.4, -0.2) is 11.8 Å². The first-order valence-electron chi connectivity index (χ1n) is 9.02. The fraction of sp³-hybridized carbons (Fsp3) is 0.286. The normalized spacial score (nSPS) is 17.9. The fourth-order valence-electron chi connectivity index (χ4n) is 3.74. The van der Waals surface area contributed by atoms with Gasteiger partial charge in [-0.3, -0.25) is 0 Å². The monoisotopic (exact) mass is 364 g/mol. The number of rotatable bonds is 4. The number of benzene rings is 2. The lowest BCUT2D eigenvalue weighted by Gasteiger charge is -2.26. The van der Waals surface area contributed by atoms with Gasteiger partial charge in [0.15, 0.2) is 11.5 Å². The van der Waals surface area contributed by atoms with Crippen molar-refractivity contribution in [1.82, 2.24) is 10.3 Å². The highest BCUT2D eigenvalue weighted by Crippen LogP contribution is 2.37. The van der Waals surface area contributed by atoms with Gasteiger partial charge < -0.3 is 14.8 Å². The molecular weight excluding hydrogens is 344 g/mol. The maximum absolute atomic E-state index is 5.47. The molecule has 2 heterocycles.